The molecule has 0 N–H and O–H groups in total. The third-order valence-corrected chi connectivity index (χ3v) is 4.16. The molecule has 2 aromatic rings. The van der Waals surface area contributed by atoms with Crippen LogP contribution in [0.3, 0.4) is 0 Å². The van der Waals surface area contributed by atoms with Gasteiger partial charge in [0.05, 0.1) is 12.2 Å². The molecule has 0 aliphatic carbocycles. The van der Waals surface area contributed by atoms with Crippen LogP contribution >= 0.6 is 11.6 Å². The Morgan fingerprint density at radius 2 is 2.04 bits per heavy atom. The average molecular weight is 387 g/mol. The van der Waals surface area contributed by atoms with Gasteiger partial charge in [-0.25, -0.2) is 0 Å². The number of hydrogen-bond acceptors (Lipinski definition) is 5. The van der Waals surface area contributed by atoms with E-state index in [4.69, 9.17) is 25.8 Å². The molecule has 0 aromatic heterocycles. The molecular formula is C21H19ClO5. The molecule has 1 heterocycles. The van der Waals surface area contributed by atoms with Crippen molar-refractivity contribution >= 4 is 29.4 Å². The first-order valence-electron chi connectivity index (χ1n) is 8.69. The monoisotopic (exact) mass is 386 g/mol. The number of rotatable bonds is 7. The van der Waals surface area contributed by atoms with E-state index in [0.29, 0.717) is 41.7 Å². The lowest BCUT2D eigenvalue weighted by Gasteiger charge is -2.07. The zero-order valence-corrected chi connectivity index (χ0v) is 15.6. The number of alkyl halides is 1. The molecule has 0 fully saturated rings. The van der Waals surface area contributed by atoms with Gasteiger partial charge in [-0.1, -0.05) is 18.2 Å². The largest absolute Gasteiger partial charge is 0.493 e. The van der Waals surface area contributed by atoms with Crippen LogP contribution in [0.5, 0.6) is 17.2 Å². The summed E-state index contributed by atoms with van der Waals surface area (Å²) in [6.45, 7) is 2.42. The van der Waals surface area contributed by atoms with Crippen LogP contribution in [0.1, 0.15) is 35.7 Å². The van der Waals surface area contributed by atoms with Crippen molar-refractivity contribution in [2.45, 2.75) is 19.8 Å². The third kappa shape index (κ3) is 4.49. The Bertz CT molecular complexity index is 888. The van der Waals surface area contributed by atoms with Gasteiger partial charge in [-0.3, -0.25) is 9.59 Å². The average Bonchev–Trinajstić information content (AvgIpc) is 2.97. The van der Waals surface area contributed by atoms with E-state index in [1.54, 1.807) is 24.3 Å². The molecule has 0 atom stereocenters. The van der Waals surface area contributed by atoms with Crippen LogP contribution < -0.4 is 14.2 Å². The zero-order chi connectivity index (χ0) is 19.2. The van der Waals surface area contributed by atoms with Gasteiger partial charge in [0.1, 0.15) is 17.2 Å². The van der Waals surface area contributed by atoms with Crippen molar-refractivity contribution in [1.82, 2.24) is 0 Å². The summed E-state index contributed by atoms with van der Waals surface area (Å²) in [4.78, 5) is 24.3. The van der Waals surface area contributed by atoms with Gasteiger partial charge in [-0.2, -0.15) is 0 Å². The standard InChI is InChI=1S/C21H19ClO5/c1-2-25-17-7-4-3-6-14(17)12-19-21(24)16-10-9-15(13-18(16)27-19)26-20(23)8-5-11-22/h3-4,6-7,9-10,12-13H,2,5,8,11H2,1H3. The lowest BCUT2D eigenvalue weighted by atomic mass is 10.1. The van der Waals surface area contributed by atoms with Crippen molar-refractivity contribution in [2.24, 2.45) is 0 Å². The van der Waals surface area contributed by atoms with E-state index in [1.807, 2.05) is 31.2 Å². The number of fused-ring (bicyclic) bond motifs is 1. The molecule has 0 radical (unpaired) electrons. The van der Waals surface area contributed by atoms with Gasteiger partial charge in [0.25, 0.3) is 0 Å². The number of benzene rings is 2. The fourth-order valence-corrected chi connectivity index (χ4v) is 2.79. The molecule has 6 heteroatoms. The topological polar surface area (TPSA) is 61.8 Å². The number of halogens is 1. The molecule has 5 nitrogen and oxygen atoms in total. The van der Waals surface area contributed by atoms with Gasteiger partial charge in [0, 0.05) is 23.9 Å². The lowest BCUT2D eigenvalue weighted by molar-refractivity contribution is -0.134. The first-order chi connectivity index (χ1) is 13.1. The number of allylic oxidation sites excluding steroid dienone is 1. The summed E-state index contributed by atoms with van der Waals surface area (Å²) < 4.78 is 16.5. The third-order valence-electron chi connectivity index (χ3n) is 3.89. The molecule has 0 amide bonds. The van der Waals surface area contributed by atoms with Crippen LogP contribution in [0.4, 0.5) is 0 Å². The highest BCUT2D eigenvalue weighted by Gasteiger charge is 2.28. The molecule has 140 valence electrons. The first kappa shape index (κ1) is 19.0. The Kier molecular flexibility index (Phi) is 6.14. The molecule has 1 aliphatic rings. The minimum atomic E-state index is -0.374. The number of carbonyl (C=O) groups excluding carboxylic acids is 2. The van der Waals surface area contributed by atoms with E-state index in [0.717, 1.165) is 5.56 Å². The Morgan fingerprint density at radius 3 is 2.81 bits per heavy atom. The van der Waals surface area contributed by atoms with E-state index in [9.17, 15) is 9.59 Å². The smallest absolute Gasteiger partial charge is 0.311 e. The summed E-state index contributed by atoms with van der Waals surface area (Å²) in [5.41, 5.74) is 1.18. The van der Waals surface area contributed by atoms with Crippen molar-refractivity contribution in [1.29, 1.82) is 0 Å². The van der Waals surface area contributed by atoms with E-state index >= 15 is 0 Å². The minimum Gasteiger partial charge on any atom is -0.493 e. The Labute approximate surface area is 162 Å². The number of Topliss-reactive ketones (excluding diaryl/α,β-unsaturated/α-hetero) is 1. The number of ketones is 1. The van der Waals surface area contributed by atoms with E-state index < -0.39 is 0 Å². The fourth-order valence-electron chi connectivity index (χ4n) is 2.65. The zero-order valence-electron chi connectivity index (χ0n) is 14.9. The van der Waals surface area contributed by atoms with Crippen molar-refractivity contribution in [3.8, 4) is 17.2 Å². The highest BCUT2D eigenvalue weighted by molar-refractivity contribution is 6.18. The molecular weight excluding hydrogens is 368 g/mol. The summed E-state index contributed by atoms with van der Waals surface area (Å²) in [6, 6.07) is 12.1. The number of para-hydroxylation sites is 1. The summed E-state index contributed by atoms with van der Waals surface area (Å²) in [7, 11) is 0. The maximum atomic E-state index is 12.6. The Hall–Kier alpha value is -2.79. The van der Waals surface area contributed by atoms with Gasteiger partial charge in [-0.15, -0.1) is 11.6 Å². The molecule has 2 aromatic carbocycles. The lowest BCUT2D eigenvalue weighted by Crippen LogP contribution is -2.07. The van der Waals surface area contributed by atoms with E-state index in [-0.39, 0.29) is 23.9 Å². The van der Waals surface area contributed by atoms with Crippen LogP contribution in [0.2, 0.25) is 0 Å². The second-order valence-corrected chi connectivity index (χ2v) is 6.21. The molecule has 1 aliphatic heterocycles. The molecule has 0 bridgehead atoms. The van der Waals surface area contributed by atoms with E-state index in [2.05, 4.69) is 0 Å². The van der Waals surface area contributed by atoms with Crippen molar-refractivity contribution in [3.63, 3.8) is 0 Å². The number of ether oxygens (including phenoxy) is 3. The summed E-state index contributed by atoms with van der Waals surface area (Å²) >= 11 is 5.57. The highest BCUT2D eigenvalue weighted by atomic mass is 35.5. The van der Waals surface area contributed by atoms with Gasteiger partial charge >= 0.3 is 5.97 Å². The van der Waals surface area contributed by atoms with Crippen molar-refractivity contribution < 1.29 is 23.8 Å². The van der Waals surface area contributed by atoms with Crippen LogP contribution in [-0.4, -0.2) is 24.2 Å². The highest BCUT2D eigenvalue weighted by Crippen LogP contribution is 2.35. The van der Waals surface area contributed by atoms with Crippen molar-refractivity contribution in [3.05, 3.63) is 59.4 Å². The van der Waals surface area contributed by atoms with Crippen LogP contribution in [0.25, 0.3) is 6.08 Å². The summed E-state index contributed by atoms with van der Waals surface area (Å²) in [6.07, 6.45) is 2.44. The number of carbonyl (C=O) groups is 2. The molecule has 0 saturated heterocycles. The van der Waals surface area contributed by atoms with Gasteiger partial charge in [0.2, 0.25) is 5.78 Å². The fraction of sp³-hybridized carbons (Fsp3) is 0.238. The van der Waals surface area contributed by atoms with Gasteiger partial charge in [0.15, 0.2) is 5.76 Å². The Balaban J connectivity index is 1.80. The maximum absolute atomic E-state index is 12.6. The SMILES string of the molecule is CCOc1ccccc1C=C1Oc2cc(OC(=O)CCCCl)ccc2C1=O. The predicted molar refractivity (Wildman–Crippen MR) is 103 cm³/mol. The quantitative estimate of drug-likeness (QED) is 0.300. The molecule has 0 saturated carbocycles. The molecule has 0 spiro atoms. The van der Waals surface area contributed by atoms with Crippen LogP contribution in [0, 0.1) is 0 Å². The second-order valence-electron chi connectivity index (χ2n) is 5.84. The second kappa shape index (κ2) is 8.73. The molecule has 27 heavy (non-hydrogen) atoms. The predicted octanol–water partition coefficient (Wildman–Crippen LogP) is 4.63. The normalized spacial score (nSPS) is 14.0. The van der Waals surface area contributed by atoms with E-state index in [1.165, 1.54) is 0 Å². The summed E-state index contributed by atoms with van der Waals surface area (Å²) in [5, 5.41) is 0. The number of hydrogen-bond donors (Lipinski definition) is 0. The van der Waals surface area contributed by atoms with Crippen LogP contribution in [0.15, 0.2) is 48.2 Å². The van der Waals surface area contributed by atoms with Crippen molar-refractivity contribution in [2.75, 3.05) is 12.5 Å². The summed E-state index contributed by atoms with van der Waals surface area (Å²) in [5.74, 6) is 1.36. The molecule has 3 rings (SSSR count). The van der Waals surface area contributed by atoms with Crippen LogP contribution in [-0.2, 0) is 4.79 Å². The molecule has 0 unspecified atom stereocenters. The maximum Gasteiger partial charge on any atom is 0.311 e. The number of esters is 1. The Morgan fingerprint density at radius 1 is 1.22 bits per heavy atom. The van der Waals surface area contributed by atoms with Gasteiger partial charge < -0.3 is 14.2 Å². The first-order valence-corrected chi connectivity index (χ1v) is 9.22. The minimum absolute atomic E-state index is 0.197. The van der Waals surface area contributed by atoms with Gasteiger partial charge in [-0.05, 0) is 37.6 Å².